The van der Waals surface area contributed by atoms with E-state index in [0.29, 0.717) is 22.0 Å². The van der Waals surface area contributed by atoms with Crippen LogP contribution in [-0.4, -0.2) is 5.78 Å². The van der Waals surface area contributed by atoms with E-state index in [9.17, 15) is 4.79 Å². The SMILES string of the molecule is CC(=O)CCC(C)(C)C.CC(C)(C)C.CC(C)CC(C)(C)C. The fourth-order valence-electron chi connectivity index (χ4n) is 1.78. The van der Waals surface area contributed by atoms with Gasteiger partial charge in [-0.05, 0) is 41.9 Å². The number of rotatable bonds is 3. The average Bonchev–Trinajstić information content (AvgIpc) is 2.07. The second-order valence-corrected chi connectivity index (χ2v) is 10.9. The highest BCUT2D eigenvalue weighted by Gasteiger charge is 2.11. The molecule has 0 aliphatic heterocycles. The van der Waals surface area contributed by atoms with Crippen molar-refractivity contribution in [3.05, 3.63) is 0 Å². The van der Waals surface area contributed by atoms with E-state index in [1.165, 1.54) is 6.42 Å². The van der Waals surface area contributed by atoms with Gasteiger partial charge >= 0.3 is 0 Å². The molecule has 0 bridgehead atoms. The Morgan fingerprint density at radius 3 is 1.14 bits per heavy atom. The second kappa shape index (κ2) is 11.2. The van der Waals surface area contributed by atoms with Crippen molar-refractivity contribution in [3.63, 3.8) is 0 Å². The summed E-state index contributed by atoms with van der Waals surface area (Å²) in [5.74, 6) is 1.14. The maximum Gasteiger partial charge on any atom is 0.129 e. The van der Waals surface area contributed by atoms with Gasteiger partial charge in [-0.1, -0.05) is 83.1 Å². The number of carbonyl (C=O) groups excluding carboxylic acids is 1. The minimum Gasteiger partial charge on any atom is -0.300 e. The van der Waals surface area contributed by atoms with Crippen LogP contribution in [0.3, 0.4) is 0 Å². The number of hydrogen-bond acceptors (Lipinski definition) is 1. The predicted octanol–water partition coefficient (Wildman–Crippen LogP) is 7.53. The molecule has 0 N–H and O–H groups in total. The number of ketones is 1. The first-order valence-corrected chi connectivity index (χ1v) is 8.83. The van der Waals surface area contributed by atoms with E-state index in [1.54, 1.807) is 6.92 Å². The van der Waals surface area contributed by atoms with Gasteiger partial charge in [0.15, 0.2) is 0 Å². The van der Waals surface area contributed by atoms with Crippen molar-refractivity contribution in [1.29, 1.82) is 0 Å². The molecule has 0 aromatic carbocycles. The Balaban J connectivity index is -0.000000257. The van der Waals surface area contributed by atoms with Crippen LogP contribution in [-0.2, 0) is 4.79 Å². The van der Waals surface area contributed by atoms with Crippen LogP contribution < -0.4 is 0 Å². The first-order valence-electron chi connectivity index (χ1n) is 8.83. The van der Waals surface area contributed by atoms with Gasteiger partial charge in [0.05, 0.1) is 0 Å². The molecule has 0 aliphatic carbocycles. The molecule has 0 aromatic heterocycles. The molecule has 0 radical (unpaired) electrons. The molecule has 0 unspecified atom stereocenters. The molecule has 0 spiro atoms. The van der Waals surface area contributed by atoms with Crippen molar-refractivity contribution in [1.82, 2.24) is 0 Å². The van der Waals surface area contributed by atoms with Gasteiger partial charge in [0.25, 0.3) is 0 Å². The maximum atomic E-state index is 10.5. The molecule has 0 rings (SSSR count). The first kappa shape index (κ1) is 26.6. The molecular weight excluding hydrogens is 268 g/mol. The smallest absolute Gasteiger partial charge is 0.129 e. The highest BCUT2D eigenvalue weighted by Crippen LogP contribution is 2.23. The van der Waals surface area contributed by atoms with Crippen molar-refractivity contribution < 1.29 is 4.79 Å². The van der Waals surface area contributed by atoms with Crippen molar-refractivity contribution in [2.24, 2.45) is 22.2 Å². The fraction of sp³-hybridized carbons (Fsp3) is 0.952. The van der Waals surface area contributed by atoms with Crippen molar-refractivity contribution in [3.8, 4) is 0 Å². The number of carbonyl (C=O) groups is 1. The van der Waals surface area contributed by atoms with E-state index in [2.05, 4.69) is 83.1 Å². The lowest BCUT2D eigenvalue weighted by Crippen LogP contribution is -2.08. The molecule has 0 amide bonds. The molecule has 0 heterocycles. The normalized spacial score (nSPS) is 12.1. The Labute approximate surface area is 142 Å². The summed E-state index contributed by atoms with van der Waals surface area (Å²) < 4.78 is 0. The first-order chi connectivity index (χ1) is 9.33. The monoisotopic (exact) mass is 314 g/mol. The molecule has 1 heteroatoms. The topological polar surface area (TPSA) is 17.1 Å². The molecule has 0 saturated carbocycles. The Bertz CT molecular complexity index is 260. The van der Waals surface area contributed by atoms with Gasteiger partial charge in [0.1, 0.15) is 5.78 Å². The van der Waals surface area contributed by atoms with Gasteiger partial charge in [-0.2, -0.15) is 0 Å². The van der Waals surface area contributed by atoms with E-state index in [1.807, 2.05) is 0 Å². The standard InChI is InChI=1S/C8H16O.C8H18.C5H12/c1-7(9)5-6-8(2,3)4;1-7(2)6-8(3,4)5;1-5(2,3)4/h5-6H2,1-4H3;7H,6H2,1-5H3;1-4H3. The largest absolute Gasteiger partial charge is 0.300 e. The Morgan fingerprint density at radius 1 is 0.773 bits per heavy atom. The third-order valence-corrected chi connectivity index (χ3v) is 2.25. The van der Waals surface area contributed by atoms with E-state index in [-0.39, 0.29) is 0 Å². The summed E-state index contributed by atoms with van der Waals surface area (Å²) in [7, 11) is 0. The third-order valence-electron chi connectivity index (χ3n) is 2.25. The number of hydrogen-bond donors (Lipinski definition) is 0. The zero-order chi connectivity index (χ0) is 18.8. The van der Waals surface area contributed by atoms with E-state index < -0.39 is 0 Å². The zero-order valence-corrected chi connectivity index (χ0v) is 18.1. The van der Waals surface area contributed by atoms with Crippen molar-refractivity contribution >= 4 is 5.78 Å². The van der Waals surface area contributed by atoms with Crippen molar-refractivity contribution in [2.75, 3.05) is 0 Å². The summed E-state index contributed by atoms with van der Waals surface area (Å²) >= 11 is 0. The molecule has 0 saturated heterocycles. The maximum absolute atomic E-state index is 10.5. The average molecular weight is 315 g/mol. The fourth-order valence-corrected chi connectivity index (χ4v) is 1.78. The van der Waals surface area contributed by atoms with E-state index in [0.717, 1.165) is 18.8 Å². The van der Waals surface area contributed by atoms with Crippen LogP contribution in [0.15, 0.2) is 0 Å². The molecule has 0 aliphatic rings. The third kappa shape index (κ3) is 60.2. The van der Waals surface area contributed by atoms with Crippen LogP contribution in [0.1, 0.15) is 109 Å². The highest BCUT2D eigenvalue weighted by molar-refractivity contribution is 5.75. The summed E-state index contributed by atoms with van der Waals surface area (Å²) in [6.45, 7) is 28.2. The van der Waals surface area contributed by atoms with Crippen LogP contribution in [0.4, 0.5) is 0 Å². The summed E-state index contributed by atoms with van der Waals surface area (Å²) in [4.78, 5) is 10.5. The summed E-state index contributed by atoms with van der Waals surface area (Å²) in [6, 6.07) is 0. The van der Waals surface area contributed by atoms with Crippen LogP contribution in [0.25, 0.3) is 0 Å². The Morgan fingerprint density at radius 2 is 1.09 bits per heavy atom. The highest BCUT2D eigenvalue weighted by atomic mass is 16.1. The molecule has 136 valence electrons. The molecule has 1 nitrogen and oxygen atoms in total. The van der Waals surface area contributed by atoms with Crippen LogP contribution in [0.2, 0.25) is 0 Å². The zero-order valence-electron chi connectivity index (χ0n) is 18.1. The lowest BCUT2D eigenvalue weighted by molar-refractivity contribution is -0.117. The molecule has 0 fully saturated rings. The number of Topliss-reactive ketones (excluding diaryl/α,β-unsaturated/α-hetero) is 1. The molecule has 0 atom stereocenters. The van der Waals surface area contributed by atoms with E-state index in [4.69, 9.17) is 0 Å². The van der Waals surface area contributed by atoms with Gasteiger partial charge in [0.2, 0.25) is 0 Å². The summed E-state index contributed by atoms with van der Waals surface area (Å²) in [5.41, 5.74) is 1.33. The second-order valence-electron chi connectivity index (χ2n) is 10.9. The van der Waals surface area contributed by atoms with E-state index >= 15 is 0 Å². The molecule has 0 aromatic rings. The van der Waals surface area contributed by atoms with Gasteiger partial charge in [0, 0.05) is 6.42 Å². The van der Waals surface area contributed by atoms with Gasteiger partial charge < -0.3 is 4.79 Å². The minimum atomic E-state index is 0.296. The Hall–Kier alpha value is -0.330. The Kier molecular flexibility index (Phi) is 13.6. The minimum absolute atomic E-state index is 0.296. The molecular formula is C21H46O. The quantitative estimate of drug-likeness (QED) is 0.526. The van der Waals surface area contributed by atoms with Crippen LogP contribution >= 0.6 is 0 Å². The van der Waals surface area contributed by atoms with Crippen molar-refractivity contribution in [2.45, 2.75) is 109 Å². The van der Waals surface area contributed by atoms with Crippen LogP contribution in [0.5, 0.6) is 0 Å². The summed E-state index contributed by atoms with van der Waals surface area (Å²) in [6.07, 6.45) is 3.05. The van der Waals surface area contributed by atoms with Crippen LogP contribution in [0, 0.1) is 22.2 Å². The predicted molar refractivity (Wildman–Crippen MR) is 103 cm³/mol. The molecule has 22 heavy (non-hydrogen) atoms. The lowest BCUT2D eigenvalue weighted by Gasteiger charge is -2.19. The summed E-state index contributed by atoms with van der Waals surface area (Å²) in [5, 5.41) is 0. The lowest BCUT2D eigenvalue weighted by atomic mass is 9.86. The van der Waals surface area contributed by atoms with Gasteiger partial charge in [-0.3, -0.25) is 0 Å². The van der Waals surface area contributed by atoms with Gasteiger partial charge in [-0.15, -0.1) is 0 Å². The van der Waals surface area contributed by atoms with Gasteiger partial charge in [-0.25, -0.2) is 0 Å².